The van der Waals surface area contributed by atoms with Gasteiger partial charge in [0, 0.05) is 0 Å². The van der Waals surface area contributed by atoms with Gasteiger partial charge in [0.1, 0.15) is 0 Å². The standard InChI is InChI=1S/C39H39N.Ni/c1-38(2,34-21-11-18-30-16-6-8-19-32(30)34)26-12-15-28-13-10-14-29(27-28)22-25-36-39(3,4)37-33-20-9-7-17-31(33)23-24-35(37)40(36)5;/h6-9,11-12,15-25,27H,10,13-14H2,1-5H3;/b15-12+,29-22+,36-25+;. The van der Waals surface area contributed by atoms with Crippen molar-refractivity contribution in [1.29, 1.82) is 0 Å². The van der Waals surface area contributed by atoms with Gasteiger partial charge in [-0.3, -0.25) is 0 Å². The first-order valence-corrected chi connectivity index (χ1v) is 15.2. The number of rotatable bonds is 5. The number of allylic oxidation sites excluding steroid dienone is 8. The molecule has 0 aromatic heterocycles. The molecule has 1 nitrogen and oxygen atoms in total. The van der Waals surface area contributed by atoms with Gasteiger partial charge in [0.25, 0.3) is 0 Å². The number of fused-ring (bicyclic) bond motifs is 4. The van der Waals surface area contributed by atoms with Crippen molar-refractivity contribution >= 4 is 31.7 Å². The van der Waals surface area contributed by atoms with Crippen LogP contribution < -0.4 is 4.90 Å². The molecule has 2 aliphatic rings. The molecule has 0 unspecified atom stereocenters. The maximum absolute atomic E-state index is 5.65. The maximum atomic E-state index is 5.65. The van der Waals surface area contributed by atoms with Crippen molar-refractivity contribution in [3.63, 3.8) is 0 Å². The van der Waals surface area contributed by atoms with E-state index in [9.17, 15) is 0 Å². The number of hydrogen-bond donors (Lipinski definition) is 0. The van der Waals surface area contributed by atoms with Crippen LogP contribution in [0.2, 0.25) is 0 Å². The Labute approximate surface area is 252 Å². The van der Waals surface area contributed by atoms with E-state index in [1.54, 1.807) is 0 Å². The van der Waals surface area contributed by atoms with Crippen LogP contribution in [0, 0.1) is 0 Å². The van der Waals surface area contributed by atoms with Crippen molar-refractivity contribution in [1.82, 2.24) is 0 Å². The zero-order valence-corrected chi connectivity index (χ0v) is 25.8. The van der Waals surface area contributed by atoms with Crippen molar-refractivity contribution in [3.05, 3.63) is 137 Å². The Bertz CT molecular complexity index is 1790. The Balaban J connectivity index is 1.26. The second kappa shape index (κ2) is 10.7. The minimum Gasteiger partial charge on any atom is -0.0616 e. The summed E-state index contributed by atoms with van der Waals surface area (Å²) in [5.41, 5.74) is 7.83. The minimum absolute atomic E-state index is 0.0656. The van der Waals surface area contributed by atoms with Crippen LogP contribution in [0.3, 0.4) is 0 Å². The van der Waals surface area contributed by atoms with Crippen molar-refractivity contribution in [2.45, 2.75) is 57.8 Å². The van der Waals surface area contributed by atoms with Crippen LogP contribution >= 0.6 is 0 Å². The predicted molar refractivity (Wildman–Crippen MR) is 175 cm³/mol. The first-order chi connectivity index (χ1) is 19.7. The summed E-state index contributed by atoms with van der Waals surface area (Å²) in [6, 6.07) is 28.4. The number of benzene rings is 4. The van der Waals surface area contributed by atoms with Crippen LogP contribution in [-0.2, 0) is 25.9 Å². The zero-order valence-electron chi connectivity index (χ0n) is 24.8. The number of nitrogens with zero attached hydrogens (tertiary/aromatic N) is 1. The van der Waals surface area contributed by atoms with Gasteiger partial charge in [-0.25, -0.2) is 0 Å². The van der Waals surface area contributed by atoms with E-state index >= 15 is 0 Å². The van der Waals surface area contributed by atoms with Gasteiger partial charge in [-0.05, 0) is 5.39 Å². The molecule has 0 N–H and O–H groups in total. The molecule has 0 fully saturated rings. The molecule has 4 aromatic carbocycles. The second-order valence-corrected chi connectivity index (χ2v) is 13.1. The van der Waals surface area contributed by atoms with E-state index in [-0.39, 0.29) is 10.8 Å². The average Bonchev–Trinajstić information content (AvgIpc) is 3.18. The van der Waals surface area contributed by atoms with E-state index in [0.29, 0.717) is 0 Å². The van der Waals surface area contributed by atoms with Gasteiger partial charge < -0.3 is 0 Å². The van der Waals surface area contributed by atoms with Crippen LogP contribution in [0.4, 0.5) is 5.69 Å². The molecule has 1 heterocycles. The topological polar surface area (TPSA) is 3.24 Å². The summed E-state index contributed by atoms with van der Waals surface area (Å²) in [5.74, 6) is 0. The fourth-order valence-electron chi connectivity index (χ4n) is 6.80. The molecule has 41 heavy (non-hydrogen) atoms. The van der Waals surface area contributed by atoms with E-state index in [1.165, 1.54) is 55.2 Å². The predicted octanol–water partition coefficient (Wildman–Crippen LogP) is 9.89. The quantitative estimate of drug-likeness (QED) is 0.213. The molecule has 2 heteroatoms. The summed E-state index contributed by atoms with van der Waals surface area (Å²) in [6.45, 7) is 9.23. The zero-order chi connectivity index (χ0) is 28.8. The van der Waals surface area contributed by atoms with E-state index in [4.69, 9.17) is 15.0 Å². The fourth-order valence-corrected chi connectivity index (χ4v) is 7.01. The minimum atomic E-state index is -0.215. The van der Waals surface area contributed by atoms with E-state index in [2.05, 4.69) is 149 Å². The van der Waals surface area contributed by atoms with Crippen molar-refractivity contribution in [2.24, 2.45) is 0 Å². The van der Waals surface area contributed by atoms with Gasteiger partial charge in [0.05, 0.1) is 0 Å². The first-order valence-electron chi connectivity index (χ1n) is 14.7. The summed E-state index contributed by atoms with van der Waals surface area (Å²) in [6.07, 6.45) is 14.9. The Hall–Kier alpha value is -3.48. The molecule has 0 spiro atoms. The summed E-state index contributed by atoms with van der Waals surface area (Å²) in [4.78, 5) is 2.38. The van der Waals surface area contributed by atoms with Gasteiger partial charge >= 0.3 is 218 Å². The molecule has 6 rings (SSSR count). The third-order valence-corrected chi connectivity index (χ3v) is 9.89. The molecule has 0 atom stereocenters. The van der Waals surface area contributed by atoms with Crippen molar-refractivity contribution in [2.75, 3.05) is 11.9 Å². The molecule has 0 saturated heterocycles. The molecule has 0 radical (unpaired) electrons. The SMILES string of the molecule is CN1/C(=C/C=C2C=C(/C=C/[C](=[Ni])C(C)(C)c3cccc4ccccc34)CCC/2)C(C)(C)c2c1ccc1ccccc21. The van der Waals surface area contributed by atoms with E-state index in [0.717, 1.165) is 23.8 Å². The van der Waals surface area contributed by atoms with E-state index in [1.807, 2.05) is 0 Å². The monoisotopic (exact) mass is 579 g/mol. The van der Waals surface area contributed by atoms with Gasteiger partial charge in [-0.1, -0.05) is 30.3 Å². The molecular weight excluding hydrogens is 541 g/mol. The van der Waals surface area contributed by atoms with Crippen LogP contribution in [-0.4, -0.2) is 11.5 Å². The van der Waals surface area contributed by atoms with Gasteiger partial charge in [0.2, 0.25) is 0 Å². The first kappa shape index (κ1) is 27.7. The Morgan fingerprint density at radius 3 is 2.29 bits per heavy atom. The Kier molecular flexibility index (Phi) is 7.25. The second-order valence-electron chi connectivity index (χ2n) is 12.5. The third-order valence-electron chi connectivity index (χ3n) is 9.11. The molecule has 0 saturated carbocycles. The Morgan fingerprint density at radius 2 is 1.51 bits per heavy atom. The summed E-state index contributed by atoms with van der Waals surface area (Å²) in [5, 5.41) is 5.21. The number of hydrogen-bond acceptors (Lipinski definition) is 1. The number of likely N-dealkylation sites (N-methyl/N-ethyl adjacent to an activating group) is 1. The van der Waals surface area contributed by atoms with Crippen LogP contribution in [0.25, 0.3) is 21.5 Å². The summed E-state index contributed by atoms with van der Waals surface area (Å²) >= 11 is 5.65. The smallest absolute Gasteiger partial charge is 0.0616 e. The molecule has 1 aliphatic carbocycles. The fraction of sp³-hybridized carbons (Fsp3) is 0.256. The molecule has 0 bridgehead atoms. The van der Waals surface area contributed by atoms with Gasteiger partial charge in [0.15, 0.2) is 0 Å². The van der Waals surface area contributed by atoms with Gasteiger partial charge in [-0.15, -0.1) is 0 Å². The molecular formula is C39H39NNi. The molecule has 1 aliphatic heterocycles. The Morgan fingerprint density at radius 1 is 0.829 bits per heavy atom. The number of anilines is 1. The van der Waals surface area contributed by atoms with Crippen molar-refractivity contribution in [3.8, 4) is 0 Å². The summed E-state index contributed by atoms with van der Waals surface area (Å²) < 4.78 is 1.01. The van der Waals surface area contributed by atoms with E-state index < -0.39 is 0 Å². The van der Waals surface area contributed by atoms with Gasteiger partial charge in [-0.2, -0.15) is 0 Å². The normalized spacial score (nSPS) is 19.0. The summed E-state index contributed by atoms with van der Waals surface area (Å²) in [7, 11) is 2.21. The molecule has 0 amide bonds. The van der Waals surface area contributed by atoms with Crippen molar-refractivity contribution < 1.29 is 15.0 Å². The average molecular weight is 580 g/mol. The van der Waals surface area contributed by atoms with Crippen LogP contribution in [0.15, 0.2) is 126 Å². The van der Waals surface area contributed by atoms with Crippen LogP contribution in [0.5, 0.6) is 0 Å². The molecule has 210 valence electrons. The van der Waals surface area contributed by atoms with Crippen LogP contribution in [0.1, 0.15) is 58.1 Å². The third kappa shape index (κ3) is 4.98. The molecule has 4 aromatic rings.